The van der Waals surface area contributed by atoms with Gasteiger partial charge in [-0.2, -0.15) is 5.26 Å². The second kappa shape index (κ2) is 6.23. The van der Waals surface area contributed by atoms with Crippen molar-refractivity contribution >= 4 is 27.5 Å². The Kier molecular flexibility index (Phi) is 4.16. The summed E-state index contributed by atoms with van der Waals surface area (Å²) in [6.07, 6.45) is 5.59. The lowest BCUT2D eigenvalue weighted by Crippen LogP contribution is -2.38. The van der Waals surface area contributed by atoms with Crippen LogP contribution in [0.4, 0.5) is 0 Å². The number of hydrogen-bond acceptors (Lipinski definition) is 4. The zero-order valence-electron chi connectivity index (χ0n) is 11.7. The van der Waals surface area contributed by atoms with Gasteiger partial charge in [-0.25, -0.2) is 4.98 Å². The van der Waals surface area contributed by atoms with Crippen molar-refractivity contribution in [3.05, 3.63) is 29.3 Å². The molecule has 0 aliphatic heterocycles. The largest absolute Gasteiger partial charge is 0.352 e. The van der Waals surface area contributed by atoms with Crippen LogP contribution < -0.4 is 5.32 Å². The summed E-state index contributed by atoms with van der Waals surface area (Å²) in [6.45, 7) is 0. The van der Waals surface area contributed by atoms with Gasteiger partial charge in [0.05, 0.1) is 16.3 Å². The van der Waals surface area contributed by atoms with Crippen LogP contribution in [0.5, 0.6) is 0 Å². The first-order valence-electron chi connectivity index (χ1n) is 7.33. The number of thiazole rings is 1. The van der Waals surface area contributed by atoms with E-state index < -0.39 is 5.92 Å². The van der Waals surface area contributed by atoms with E-state index in [2.05, 4.69) is 16.4 Å². The topological polar surface area (TPSA) is 65.8 Å². The Labute approximate surface area is 127 Å². The molecule has 1 saturated carbocycles. The number of amides is 1. The van der Waals surface area contributed by atoms with Crippen molar-refractivity contribution < 1.29 is 4.79 Å². The number of nitriles is 1. The van der Waals surface area contributed by atoms with Crippen molar-refractivity contribution in [3.63, 3.8) is 0 Å². The Balaban J connectivity index is 1.77. The summed E-state index contributed by atoms with van der Waals surface area (Å²) in [6, 6.07) is 10.0. The summed E-state index contributed by atoms with van der Waals surface area (Å²) in [7, 11) is 0. The van der Waals surface area contributed by atoms with Gasteiger partial charge in [-0.05, 0) is 25.0 Å². The van der Waals surface area contributed by atoms with Gasteiger partial charge in [0.25, 0.3) is 0 Å². The van der Waals surface area contributed by atoms with Crippen LogP contribution in [0.1, 0.15) is 43.0 Å². The molecule has 1 aliphatic rings. The Morgan fingerprint density at radius 3 is 2.81 bits per heavy atom. The fourth-order valence-corrected chi connectivity index (χ4v) is 3.78. The van der Waals surface area contributed by atoms with E-state index in [-0.39, 0.29) is 11.9 Å². The number of rotatable bonds is 3. The summed E-state index contributed by atoms with van der Waals surface area (Å²) in [5.74, 6) is -1.01. The standard InChI is InChI=1S/C16H17N3OS/c17-10-12(15(20)18-11-6-2-1-3-7-11)16-19-13-8-4-5-9-14(13)21-16/h4-5,8-9,11-12H,1-3,6-7H2,(H,18,20)/t12-/m0/s1. The number of nitrogens with zero attached hydrogens (tertiary/aromatic N) is 2. The fraction of sp³-hybridized carbons (Fsp3) is 0.438. The third kappa shape index (κ3) is 3.06. The molecule has 1 atom stereocenters. The molecule has 3 rings (SSSR count). The molecule has 1 aliphatic carbocycles. The van der Waals surface area contributed by atoms with Crippen molar-refractivity contribution in [2.75, 3.05) is 0 Å². The number of carbonyl (C=O) groups excluding carboxylic acids is 1. The van der Waals surface area contributed by atoms with Crippen LogP contribution in [-0.2, 0) is 4.79 Å². The Morgan fingerprint density at radius 1 is 1.33 bits per heavy atom. The molecule has 0 bridgehead atoms. The maximum atomic E-state index is 12.4. The lowest BCUT2D eigenvalue weighted by Gasteiger charge is -2.23. The molecule has 0 saturated heterocycles. The first-order chi connectivity index (χ1) is 10.3. The average molecular weight is 299 g/mol. The monoisotopic (exact) mass is 299 g/mol. The maximum absolute atomic E-state index is 12.4. The van der Waals surface area contributed by atoms with Gasteiger partial charge in [0.15, 0.2) is 5.92 Å². The van der Waals surface area contributed by atoms with E-state index in [1.165, 1.54) is 17.8 Å². The second-order valence-corrected chi connectivity index (χ2v) is 6.49. The second-order valence-electron chi connectivity index (χ2n) is 5.43. The van der Waals surface area contributed by atoms with Crippen LogP contribution in [-0.4, -0.2) is 16.9 Å². The lowest BCUT2D eigenvalue weighted by atomic mass is 9.95. The van der Waals surface area contributed by atoms with Crippen LogP contribution in [0.15, 0.2) is 24.3 Å². The number of aromatic nitrogens is 1. The molecule has 0 unspecified atom stereocenters. The molecule has 1 aromatic heterocycles. The third-order valence-corrected chi connectivity index (χ3v) is 5.00. The Morgan fingerprint density at radius 2 is 2.10 bits per heavy atom. The molecule has 0 spiro atoms. The highest BCUT2D eigenvalue weighted by Crippen LogP contribution is 2.28. The molecule has 2 aromatic rings. The highest BCUT2D eigenvalue weighted by Gasteiger charge is 2.26. The van der Waals surface area contributed by atoms with E-state index in [1.54, 1.807) is 0 Å². The maximum Gasteiger partial charge on any atom is 0.244 e. The van der Waals surface area contributed by atoms with Crippen LogP contribution >= 0.6 is 11.3 Å². The van der Waals surface area contributed by atoms with E-state index in [4.69, 9.17) is 0 Å². The average Bonchev–Trinajstić information content (AvgIpc) is 2.92. The van der Waals surface area contributed by atoms with E-state index in [0.29, 0.717) is 5.01 Å². The minimum atomic E-state index is -0.802. The smallest absolute Gasteiger partial charge is 0.244 e. The fourth-order valence-electron chi connectivity index (χ4n) is 2.77. The van der Waals surface area contributed by atoms with Crippen LogP contribution in [0.3, 0.4) is 0 Å². The molecule has 5 heteroatoms. The van der Waals surface area contributed by atoms with Crippen molar-refractivity contribution in [2.45, 2.75) is 44.1 Å². The number of carbonyl (C=O) groups is 1. The van der Waals surface area contributed by atoms with E-state index in [1.807, 2.05) is 24.3 Å². The number of hydrogen-bond donors (Lipinski definition) is 1. The number of benzene rings is 1. The summed E-state index contributed by atoms with van der Waals surface area (Å²) < 4.78 is 1.01. The van der Waals surface area contributed by atoms with Gasteiger partial charge in [-0.3, -0.25) is 4.79 Å². The van der Waals surface area contributed by atoms with Gasteiger partial charge in [-0.15, -0.1) is 11.3 Å². The predicted octanol–water partition coefficient (Wildman–Crippen LogP) is 3.35. The van der Waals surface area contributed by atoms with Crippen LogP contribution in [0.2, 0.25) is 0 Å². The van der Waals surface area contributed by atoms with Crippen molar-refractivity contribution in [1.29, 1.82) is 5.26 Å². The van der Waals surface area contributed by atoms with Crippen molar-refractivity contribution in [2.24, 2.45) is 0 Å². The lowest BCUT2D eigenvalue weighted by molar-refractivity contribution is -0.122. The number of nitrogens with one attached hydrogen (secondary N) is 1. The van der Waals surface area contributed by atoms with Crippen molar-refractivity contribution in [1.82, 2.24) is 10.3 Å². The number of para-hydroxylation sites is 1. The molecule has 1 fully saturated rings. The van der Waals surface area contributed by atoms with Gasteiger partial charge in [0.2, 0.25) is 5.91 Å². The highest BCUT2D eigenvalue weighted by atomic mass is 32.1. The predicted molar refractivity (Wildman–Crippen MR) is 83.0 cm³/mol. The minimum Gasteiger partial charge on any atom is -0.352 e. The molecule has 21 heavy (non-hydrogen) atoms. The summed E-state index contributed by atoms with van der Waals surface area (Å²) in [4.78, 5) is 16.8. The molecule has 1 aromatic carbocycles. The van der Waals surface area contributed by atoms with Gasteiger partial charge in [0, 0.05) is 6.04 Å². The molecule has 4 nitrogen and oxygen atoms in total. The van der Waals surface area contributed by atoms with E-state index in [9.17, 15) is 10.1 Å². The summed E-state index contributed by atoms with van der Waals surface area (Å²) in [5.41, 5.74) is 0.850. The van der Waals surface area contributed by atoms with Gasteiger partial charge in [0.1, 0.15) is 5.01 Å². The van der Waals surface area contributed by atoms with E-state index >= 15 is 0 Å². The van der Waals surface area contributed by atoms with Crippen molar-refractivity contribution in [3.8, 4) is 6.07 Å². The molecule has 1 heterocycles. The zero-order valence-corrected chi connectivity index (χ0v) is 12.5. The molecule has 1 N–H and O–H groups in total. The zero-order chi connectivity index (χ0) is 14.7. The Bertz CT molecular complexity index is 649. The number of fused-ring (bicyclic) bond motifs is 1. The molecule has 108 valence electrons. The first kappa shape index (κ1) is 14.0. The molecule has 1 amide bonds. The highest BCUT2D eigenvalue weighted by molar-refractivity contribution is 7.18. The van der Waals surface area contributed by atoms with E-state index in [0.717, 1.165) is 35.9 Å². The minimum absolute atomic E-state index is 0.205. The molecule has 0 radical (unpaired) electrons. The van der Waals surface area contributed by atoms with Gasteiger partial charge >= 0.3 is 0 Å². The summed E-state index contributed by atoms with van der Waals surface area (Å²) >= 11 is 1.43. The van der Waals surface area contributed by atoms with Gasteiger partial charge < -0.3 is 5.32 Å². The quantitative estimate of drug-likeness (QED) is 0.945. The SMILES string of the molecule is N#C[C@@H](C(=O)NC1CCCCC1)c1nc2ccccc2s1. The van der Waals surface area contributed by atoms with Gasteiger partial charge in [-0.1, -0.05) is 31.4 Å². The third-order valence-electron chi connectivity index (χ3n) is 3.90. The summed E-state index contributed by atoms with van der Waals surface area (Å²) in [5, 5.41) is 13.0. The van der Waals surface area contributed by atoms with Crippen LogP contribution in [0.25, 0.3) is 10.2 Å². The molecular formula is C16H17N3OS. The van der Waals surface area contributed by atoms with Crippen LogP contribution in [0, 0.1) is 11.3 Å². The Hall–Kier alpha value is -1.93. The molecular weight excluding hydrogens is 282 g/mol. The normalized spacial score (nSPS) is 17.3. The first-order valence-corrected chi connectivity index (χ1v) is 8.15.